The Kier molecular flexibility index (Phi) is 20.5. The number of nitrogens with zero attached hydrogens (tertiary/aromatic N) is 15. The maximum absolute atomic E-state index is 14.1. The Bertz CT molecular complexity index is 4170. The molecule has 15 rings (SSSR count). The Morgan fingerprint density at radius 2 is 1.03 bits per heavy atom. The number of allylic oxidation sites excluding steroid dienone is 3. The van der Waals surface area contributed by atoms with Gasteiger partial charge in [0.1, 0.15) is 30.8 Å². The van der Waals surface area contributed by atoms with Crippen LogP contribution in [-0.4, -0.2) is 174 Å². The standard InChI is InChI=1S/C22H26ClN5.C22H25F2N5O2S.C22H26FN5O2S.O2S/c1-14-9-19-17(22(25-13-24-19)15-5-4-8-27(2)11-15)12-28(14)20-10-21(23)26-18-7-3-6-16(18)20;1-32(30,31)28-9-6-14(7-10-28)21-16-12-29(19-5-8-25-17-4-2-3-15(17)19)20(22(23)24)11-18(16)26-13-27-21;1-31(29,30)27-9-6-15(7-10-27)22-18-13-28(16(12-23)11-20(18)25-14-26-22)21-5-8-24-19-4-2-3-17(19)21;1-3-2/h3,6,10,13-15H,4-5,7-9,11-12H2,1-2H3;2-3,5,8,13-14,20,22H,4,6-7,9-12H2,1H3;2-3,5,8,14-16H,4,6-7,9-13H2,1H3;/t14-,15?;;;/m1.../s1. The van der Waals surface area contributed by atoms with Crippen molar-refractivity contribution in [2.45, 2.75) is 146 Å². The molecule has 0 amide bonds. The van der Waals surface area contributed by atoms with Crippen LogP contribution in [0.25, 0.3) is 18.2 Å². The summed E-state index contributed by atoms with van der Waals surface area (Å²) < 4.78 is 109. The van der Waals surface area contributed by atoms with Gasteiger partial charge in [0.25, 0.3) is 6.43 Å². The summed E-state index contributed by atoms with van der Waals surface area (Å²) >= 11 is 5.62. The molecule has 4 atom stereocenters. The first kappa shape index (κ1) is 67.0. The molecule has 0 radical (unpaired) electrons. The van der Waals surface area contributed by atoms with E-state index in [0.717, 1.165) is 113 Å². The zero-order valence-electron chi connectivity index (χ0n) is 53.1. The molecule has 3 saturated heterocycles. The van der Waals surface area contributed by atoms with Gasteiger partial charge in [-0.25, -0.2) is 73.5 Å². The van der Waals surface area contributed by atoms with Crippen molar-refractivity contribution in [3.8, 4) is 0 Å². The average molecular weight is 1370 g/mol. The highest BCUT2D eigenvalue weighted by Gasteiger charge is 2.40. The molecule has 12 heterocycles. The van der Waals surface area contributed by atoms with Crippen molar-refractivity contribution in [2.75, 3.05) is 80.2 Å². The van der Waals surface area contributed by atoms with Crippen molar-refractivity contribution >= 4 is 78.5 Å². The second kappa shape index (κ2) is 28.7. The summed E-state index contributed by atoms with van der Waals surface area (Å²) in [6.07, 6.45) is 30.0. The van der Waals surface area contributed by atoms with E-state index in [9.17, 15) is 30.0 Å². The first-order valence-electron chi connectivity index (χ1n) is 32.1. The van der Waals surface area contributed by atoms with Crippen LogP contribution in [0.3, 0.4) is 0 Å². The van der Waals surface area contributed by atoms with Crippen LogP contribution in [0.1, 0.15) is 148 Å². The van der Waals surface area contributed by atoms with Gasteiger partial charge in [-0.2, -0.15) is 8.42 Å². The molecule has 3 unspecified atom stereocenters. The summed E-state index contributed by atoms with van der Waals surface area (Å²) in [5, 5.41) is 0.578. The topological polar surface area (TPSA) is 238 Å². The average Bonchev–Trinajstić information content (AvgIpc) is 1.08. The summed E-state index contributed by atoms with van der Waals surface area (Å²) in [4.78, 5) is 49.7. The third-order valence-electron chi connectivity index (χ3n) is 19.9. The van der Waals surface area contributed by atoms with Crippen molar-refractivity contribution in [1.29, 1.82) is 0 Å². The van der Waals surface area contributed by atoms with Gasteiger partial charge < -0.3 is 19.6 Å². The van der Waals surface area contributed by atoms with Crippen LogP contribution in [0.2, 0.25) is 5.15 Å². The Morgan fingerprint density at radius 1 is 0.574 bits per heavy atom. The van der Waals surface area contributed by atoms with Gasteiger partial charge in [0.15, 0.2) is 0 Å². The minimum Gasteiger partial charge on any atom is -0.363 e. The summed E-state index contributed by atoms with van der Waals surface area (Å²) in [5.74, 6) is 0.761. The van der Waals surface area contributed by atoms with E-state index in [1.54, 1.807) is 29.9 Å². The van der Waals surface area contributed by atoms with Gasteiger partial charge in [-0.05, 0) is 77.2 Å². The Hall–Kier alpha value is -7.01. The Labute approximate surface area is 555 Å². The molecular formula is C66H77ClF3N15O6S3. The SMILES string of the molecule is CS(=O)(=O)N1CCC(c2ncnc3c2CN(c2ccnc4c2C=CC4)C(C(F)F)C3)CC1.CS(=O)(=O)N1CCC(c2ncnc3c2CN(c2ccnc4c2C=CC4)C(CF)C3)CC1.C[C@@H]1Cc2ncnc(C3CCCN(C)C3)c2CN1c1cc(Cl)nc2c1C=CC2.O=S=O. The first-order chi connectivity index (χ1) is 45.3. The summed E-state index contributed by atoms with van der Waals surface area (Å²) in [6, 6.07) is 4.91. The number of piperidine rings is 3. The number of likely N-dealkylation sites (tertiary alicyclic amines) is 1. The highest BCUT2D eigenvalue weighted by atomic mass is 35.5. The smallest absolute Gasteiger partial charge is 0.335 e. The number of aromatic nitrogens is 9. The fourth-order valence-corrected chi connectivity index (χ4v) is 17.1. The maximum Gasteiger partial charge on any atom is 0.335 e. The molecular weight excluding hydrogens is 1290 g/mol. The molecule has 6 aromatic heterocycles. The van der Waals surface area contributed by atoms with E-state index in [2.05, 4.69) is 92.8 Å². The summed E-state index contributed by atoms with van der Waals surface area (Å²) in [5.41, 5.74) is 18.4. The quantitative estimate of drug-likeness (QED) is 0.117. The summed E-state index contributed by atoms with van der Waals surface area (Å²) in [7, 11) is -4.18. The Morgan fingerprint density at radius 3 is 1.53 bits per heavy atom. The predicted molar refractivity (Wildman–Crippen MR) is 356 cm³/mol. The number of pyridine rings is 3. The lowest BCUT2D eigenvalue weighted by Gasteiger charge is -2.40. The third kappa shape index (κ3) is 14.3. The zero-order valence-corrected chi connectivity index (χ0v) is 56.3. The van der Waals surface area contributed by atoms with Crippen molar-refractivity contribution < 1.29 is 38.4 Å². The number of halogens is 4. The third-order valence-corrected chi connectivity index (χ3v) is 22.7. The largest absolute Gasteiger partial charge is 0.363 e. The number of hydrogen-bond donors (Lipinski definition) is 0. The molecule has 498 valence electrons. The van der Waals surface area contributed by atoms with Crippen LogP contribution in [0.15, 0.2) is 67.8 Å². The molecule has 0 N–H and O–H groups in total. The van der Waals surface area contributed by atoms with Gasteiger partial charge in [-0.15, -0.1) is 0 Å². The molecule has 94 heavy (non-hydrogen) atoms. The normalized spacial score (nSPS) is 22.0. The zero-order chi connectivity index (χ0) is 66.0. The van der Waals surface area contributed by atoms with Gasteiger partial charge in [-0.1, -0.05) is 48.1 Å². The highest BCUT2D eigenvalue weighted by molar-refractivity contribution is 7.88. The van der Waals surface area contributed by atoms with Gasteiger partial charge in [0.2, 0.25) is 20.0 Å². The summed E-state index contributed by atoms with van der Waals surface area (Å²) in [6.45, 7) is 7.66. The maximum atomic E-state index is 14.1. The van der Waals surface area contributed by atoms with Gasteiger partial charge >= 0.3 is 11.6 Å². The lowest BCUT2D eigenvalue weighted by Crippen LogP contribution is -2.46. The molecule has 6 aromatic rings. The van der Waals surface area contributed by atoms with Crippen LogP contribution in [0.4, 0.5) is 30.2 Å². The van der Waals surface area contributed by atoms with Gasteiger partial charge in [0.05, 0.1) is 75.8 Å². The van der Waals surface area contributed by atoms with Crippen LogP contribution < -0.4 is 14.7 Å². The second-order valence-electron chi connectivity index (χ2n) is 25.7. The van der Waals surface area contributed by atoms with E-state index in [4.69, 9.17) is 25.0 Å². The van der Waals surface area contributed by atoms with E-state index < -0.39 is 50.8 Å². The van der Waals surface area contributed by atoms with E-state index in [1.807, 2.05) is 30.4 Å². The first-order valence-corrected chi connectivity index (χ1v) is 36.8. The number of alkyl halides is 3. The predicted octanol–water partition coefficient (Wildman–Crippen LogP) is 8.44. The van der Waals surface area contributed by atoms with Gasteiger partial charge in [0, 0.05) is 178 Å². The molecule has 0 aromatic carbocycles. The minimum atomic E-state index is -3.22. The van der Waals surface area contributed by atoms with Crippen molar-refractivity contribution in [1.82, 2.24) is 58.4 Å². The van der Waals surface area contributed by atoms with E-state index in [-0.39, 0.29) is 24.3 Å². The lowest BCUT2D eigenvalue weighted by molar-refractivity contribution is 0.107. The number of sulfonamides is 2. The van der Waals surface area contributed by atoms with Crippen LogP contribution >= 0.6 is 11.6 Å². The van der Waals surface area contributed by atoms with Gasteiger partial charge in [-0.3, -0.25) is 9.97 Å². The number of fused-ring (bicyclic) bond motifs is 6. The van der Waals surface area contributed by atoms with E-state index in [0.29, 0.717) is 87.8 Å². The fourth-order valence-electron chi connectivity index (χ4n) is 15.2. The van der Waals surface area contributed by atoms with Crippen molar-refractivity contribution in [3.05, 3.63) is 158 Å². The van der Waals surface area contributed by atoms with Crippen LogP contribution in [-0.2, 0) is 89.8 Å². The minimum absolute atomic E-state index is 0.0813. The van der Waals surface area contributed by atoms with Crippen molar-refractivity contribution in [2.24, 2.45) is 0 Å². The molecule has 9 aliphatic rings. The Balaban J connectivity index is 0.000000133. The molecule has 0 spiro atoms. The molecule has 3 fully saturated rings. The number of rotatable bonds is 10. The molecule has 6 aliphatic heterocycles. The number of likely N-dealkylation sites (N-methyl/N-ethyl adjacent to an activating group) is 1. The highest BCUT2D eigenvalue weighted by Crippen LogP contribution is 2.43. The molecule has 21 nitrogen and oxygen atoms in total. The fraction of sp³-hybridized carbons (Fsp3) is 0.500. The van der Waals surface area contributed by atoms with E-state index >= 15 is 0 Å². The van der Waals surface area contributed by atoms with E-state index in [1.165, 1.54) is 75.0 Å². The number of hydrogen-bond acceptors (Lipinski definition) is 19. The number of anilines is 3. The molecule has 0 saturated carbocycles. The van der Waals surface area contributed by atoms with Crippen molar-refractivity contribution in [3.63, 3.8) is 0 Å². The van der Waals surface area contributed by atoms with Crippen LogP contribution in [0.5, 0.6) is 0 Å². The molecule has 28 heteroatoms. The molecule has 3 aliphatic carbocycles. The second-order valence-corrected chi connectivity index (χ2v) is 30.2. The molecule has 0 bridgehead atoms. The lowest BCUT2D eigenvalue weighted by atomic mass is 9.87. The van der Waals surface area contributed by atoms with Crippen LogP contribution in [0, 0.1) is 0 Å². The monoisotopic (exact) mass is 1360 g/mol.